The SMILES string of the molecule is COCCOCCNC(=O)CCN1C(=O)CC(SC[C@@H](NC(=O)[C@H](CCC(=O)NC[C@H](O)[C@@H](O)[C@H](O)[C@H](O)CO)NC(=O)[C@@H](CCC(=O)O)NC(=O)[C@H](CCC(=O)NC[C@H](O)[C@@H](O)[C@H](O)[C@H](O)CO)NC(=O)[C@@H](CCC(=O)O)NC(=O)[C@H](CCC(=O)NC[C@H](O)[C@@H](O)[C@H](O)[C@H](O)CO)NC(=O)CC[C@H](NC(=O)c2ccc(NCc3cnc4nc(N)[nH]c(=O)c4n3)cc2)C(=O)O)C(=O)O)C1=O. The number of anilines is 2. The van der Waals surface area contributed by atoms with Crippen LogP contribution in [0.15, 0.2) is 35.3 Å². The lowest BCUT2D eigenvalue weighted by atomic mass is 10.0. The van der Waals surface area contributed by atoms with Crippen molar-refractivity contribution in [3.05, 3.63) is 52.1 Å². The number of fused-ring (bicyclic) bond motifs is 1. The molecule has 0 radical (unpaired) electrons. The maximum absolute atomic E-state index is 14.9. The Morgan fingerprint density at radius 2 is 0.867 bits per heavy atom. The third-order valence-electron chi connectivity index (χ3n) is 20.2. The van der Waals surface area contributed by atoms with Gasteiger partial charge in [0.1, 0.15) is 97.2 Å². The summed E-state index contributed by atoms with van der Waals surface area (Å²) in [5, 5.41) is 216. The number of nitrogens with one attached hydrogen (secondary N) is 13. The van der Waals surface area contributed by atoms with E-state index in [0.29, 0.717) is 17.4 Å². The summed E-state index contributed by atoms with van der Waals surface area (Å²) in [5.41, 5.74) is 5.29. The Morgan fingerprint density at radius 3 is 1.28 bits per heavy atom. The number of aliphatic hydroxyl groups is 15. The molecular weight excluding hydrogens is 1830 g/mol. The number of likely N-dealkylation sites (tertiary alicyclic amines) is 1. The second-order valence-corrected chi connectivity index (χ2v) is 31.7. The van der Waals surface area contributed by atoms with E-state index in [9.17, 15) is 183 Å². The van der Waals surface area contributed by atoms with Crippen LogP contribution in [-0.4, -0.2) is 429 Å². The van der Waals surface area contributed by atoms with Gasteiger partial charge in [-0.2, -0.15) is 4.98 Å². The van der Waals surface area contributed by atoms with Gasteiger partial charge in [0.2, 0.25) is 76.8 Å². The number of carbonyl (C=O) groups excluding carboxylic acids is 13. The Hall–Kier alpha value is -12.1. The van der Waals surface area contributed by atoms with E-state index < -0.39 is 362 Å². The number of hydrogen-bond acceptors (Lipinski definition) is 41. The van der Waals surface area contributed by atoms with Crippen molar-refractivity contribution < 1.29 is 188 Å². The molecule has 0 aliphatic carbocycles. The zero-order valence-corrected chi connectivity index (χ0v) is 73.3. The van der Waals surface area contributed by atoms with E-state index in [2.05, 4.69) is 83.7 Å². The molecule has 0 spiro atoms. The predicted octanol–water partition coefficient (Wildman–Crippen LogP) is -15.4. The van der Waals surface area contributed by atoms with E-state index in [1.54, 1.807) is 0 Å². The van der Waals surface area contributed by atoms with Crippen LogP contribution in [0.5, 0.6) is 0 Å². The third-order valence-corrected chi connectivity index (χ3v) is 21.5. The minimum atomic E-state index is -2.32. The number of carboxylic acid groups (broad SMARTS) is 4. The number of aliphatic carboxylic acids is 4. The molecule has 20 atom stereocenters. The third kappa shape index (κ3) is 40.2. The van der Waals surface area contributed by atoms with Crippen LogP contribution in [-0.2, 0) is 92.7 Å². The van der Waals surface area contributed by atoms with Gasteiger partial charge in [0.15, 0.2) is 11.2 Å². The molecule has 0 saturated carbocycles. The standard InChI is InChI=1S/C77H116N18O39S/c1-133-22-23-134-21-19-79-54(108)18-20-95-56(110)24-50(74(95)128)135-33-43(76(131)132)92-72(126)39(8-14-53(107)83-29-46(101)62(117)65(120)49(104)32-98)88-71(125)41(11-17-58(113)114)90-69(123)38(7-13-52(106)82-28-45(100)61(116)64(119)48(103)31-97)87-70(124)40(10-16-57(111)112)89-68(122)37(6-12-51(105)81-27-44(99)60(115)63(118)47(102)30-96)86-55(109)15-9-42(75(129)130)91-67(121)34-2-4-35(5-3-34)80-25-36-26-84-66-59(85-36)73(127)94-77(78)93-66/h2-5,26,37-50,60-65,80,96-104,115-120H,6-25,27-33H2,1H3,(H,79,108)(H,81,105)(H,82,106)(H,83,107)(H,86,109)(H,87,124)(H,88,125)(H,89,122)(H,90,123)(H,91,121)(H,92,126)(H,111,112)(H,113,114)(H,129,130)(H,131,132)(H3,78,84,93,94,127)/t37-,38-,39-,40+,41+,42-,43+,44-,45-,46-,47+,48+,49+,50?,60+,61+,62+,63+,64+,65+/m0/s1. The number of aliphatic hydroxyl groups excluding tert-OH is 15. The lowest BCUT2D eigenvalue weighted by molar-refractivity contribution is -0.142. The van der Waals surface area contributed by atoms with Crippen LogP contribution in [0.3, 0.4) is 0 Å². The molecule has 4 rings (SSSR count). The summed E-state index contributed by atoms with van der Waals surface area (Å²) >= 11 is 0.541. The molecule has 58 heteroatoms. The number of carbonyl (C=O) groups is 17. The molecular formula is C77H116N18O39S. The van der Waals surface area contributed by atoms with Crippen LogP contribution in [0.4, 0.5) is 11.6 Å². The van der Waals surface area contributed by atoms with Crippen LogP contribution in [0, 0.1) is 0 Å². The second-order valence-electron chi connectivity index (χ2n) is 30.5. The smallest absolute Gasteiger partial charge is 0.327 e. The highest BCUT2D eigenvalue weighted by atomic mass is 32.2. The number of H-pyrrole nitrogens is 1. The van der Waals surface area contributed by atoms with Gasteiger partial charge in [-0.3, -0.25) is 86.6 Å². The maximum atomic E-state index is 14.9. The van der Waals surface area contributed by atoms with E-state index in [4.69, 9.17) is 15.2 Å². The first kappa shape index (κ1) is 115. The molecule has 13 amide bonds. The number of nitrogens with two attached hydrogens (primary N) is 1. The number of rotatable bonds is 66. The van der Waals surface area contributed by atoms with Crippen molar-refractivity contribution in [3.8, 4) is 0 Å². The minimum Gasteiger partial charge on any atom is -0.481 e. The lowest BCUT2D eigenvalue weighted by Crippen LogP contribution is -2.60. The topological polar surface area (TPSA) is 938 Å². The van der Waals surface area contributed by atoms with Crippen molar-refractivity contribution in [2.24, 2.45) is 0 Å². The molecule has 1 aliphatic rings. The highest BCUT2D eigenvalue weighted by Gasteiger charge is 2.42. The van der Waals surface area contributed by atoms with Gasteiger partial charge < -0.3 is 176 Å². The van der Waals surface area contributed by atoms with Crippen LogP contribution in [0.25, 0.3) is 11.2 Å². The van der Waals surface area contributed by atoms with E-state index in [0.717, 1.165) is 4.90 Å². The fourth-order valence-electron chi connectivity index (χ4n) is 12.3. The van der Waals surface area contributed by atoms with E-state index >= 15 is 0 Å². The number of nitrogen functional groups attached to an aromatic ring is 1. The summed E-state index contributed by atoms with van der Waals surface area (Å²) in [6.07, 6.45) is -36.9. The Labute approximate surface area is 769 Å². The van der Waals surface area contributed by atoms with Crippen molar-refractivity contribution in [1.82, 2.24) is 83.3 Å². The van der Waals surface area contributed by atoms with Crippen LogP contribution in [0.2, 0.25) is 0 Å². The summed E-state index contributed by atoms with van der Waals surface area (Å²) in [6.45, 7) is -5.98. The lowest BCUT2D eigenvalue weighted by Gasteiger charge is -2.28. The number of hydrogen-bond donors (Lipinski definition) is 33. The van der Waals surface area contributed by atoms with Crippen LogP contribution in [0.1, 0.15) is 106 Å². The number of ether oxygens (including phenoxy) is 2. The predicted molar refractivity (Wildman–Crippen MR) is 455 cm³/mol. The average molecular weight is 1950 g/mol. The van der Waals surface area contributed by atoms with Gasteiger partial charge in [-0.15, -0.1) is 11.8 Å². The van der Waals surface area contributed by atoms with Crippen molar-refractivity contribution in [2.45, 2.75) is 217 Å². The monoisotopic (exact) mass is 1950 g/mol. The Balaban J connectivity index is 1.72. The van der Waals surface area contributed by atoms with Crippen LogP contribution >= 0.6 is 11.8 Å². The van der Waals surface area contributed by atoms with Crippen molar-refractivity contribution in [3.63, 3.8) is 0 Å². The van der Waals surface area contributed by atoms with Crippen LogP contribution < -0.4 is 75.1 Å². The Kier molecular flexibility index (Phi) is 50.3. The molecule has 0 bridgehead atoms. The highest BCUT2D eigenvalue weighted by Crippen LogP contribution is 2.27. The molecule has 135 heavy (non-hydrogen) atoms. The summed E-state index contributed by atoms with van der Waals surface area (Å²) in [7, 11) is 1.45. The van der Waals surface area contributed by atoms with Crippen molar-refractivity contribution in [1.29, 1.82) is 0 Å². The molecule has 1 unspecified atom stereocenters. The maximum Gasteiger partial charge on any atom is 0.327 e. The van der Waals surface area contributed by atoms with Crippen molar-refractivity contribution in [2.75, 3.05) is 96.3 Å². The molecule has 34 N–H and O–H groups in total. The van der Waals surface area contributed by atoms with E-state index in [-0.39, 0.29) is 67.7 Å². The number of aromatic amines is 1. The van der Waals surface area contributed by atoms with Crippen molar-refractivity contribution >= 4 is 135 Å². The quantitative estimate of drug-likeness (QED) is 0.0184. The number of nitrogens with zero attached hydrogens (tertiary/aromatic N) is 4. The number of amides is 13. The van der Waals surface area contributed by atoms with Gasteiger partial charge in [-0.25, -0.2) is 19.6 Å². The molecule has 1 aliphatic heterocycles. The number of aromatic nitrogens is 4. The number of carboxylic acids is 4. The molecule has 1 fully saturated rings. The second kappa shape index (κ2) is 58.9. The highest BCUT2D eigenvalue weighted by molar-refractivity contribution is 8.00. The summed E-state index contributed by atoms with van der Waals surface area (Å²) in [5.74, 6) is -23.7. The summed E-state index contributed by atoms with van der Waals surface area (Å²) < 4.78 is 10.1. The van der Waals surface area contributed by atoms with E-state index in [1.807, 2.05) is 0 Å². The van der Waals surface area contributed by atoms with Gasteiger partial charge >= 0.3 is 23.9 Å². The first-order valence-corrected chi connectivity index (χ1v) is 42.7. The molecule has 2 aromatic heterocycles. The number of imide groups is 1. The fourth-order valence-corrected chi connectivity index (χ4v) is 13.5. The molecule has 754 valence electrons. The minimum absolute atomic E-state index is 0.0137. The van der Waals surface area contributed by atoms with Gasteiger partial charge in [-0.1, -0.05) is 0 Å². The molecule has 57 nitrogen and oxygen atoms in total. The molecule has 1 saturated heterocycles. The summed E-state index contributed by atoms with van der Waals surface area (Å²) in [6, 6.07) is -9.81. The summed E-state index contributed by atoms with van der Waals surface area (Å²) in [4.78, 5) is 258. The van der Waals surface area contributed by atoms with Gasteiger partial charge in [0.05, 0.1) is 81.6 Å². The number of benzene rings is 1. The average Bonchev–Trinajstić information content (AvgIpc) is 1.75. The van der Waals surface area contributed by atoms with Gasteiger partial charge in [-0.05, 0) is 62.8 Å². The van der Waals surface area contributed by atoms with Gasteiger partial charge in [0, 0.05) is 108 Å². The van der Waals surface area contributed by atoms with Gasteiger partial charge in [0.25, 0.3) is 11.5 Å². The molecule has 3 aromatic rings. The zero-order chi connectivity index (χ0) is 101. The Bertz CT molecular complexity index is 4550. The van der Waals surface area contributed by atoms with E-state index in [1.165, 1.54) is 37.6 Å². The fraction of sp³-hybridized carbons (Fsp3) is 0.623. The normalized spacial score (nSPS) is 16.8. The largest absolute Gasteiger partial charge is 0.481 e. The molecule has 3 heterocycles. The molecule has 1 aromatic carbocycles. The Morgan fingerprint density at radius 1 is 0.474 bits per heavy atom. The zero-order valence-electron chi connectivity index (χ0n) is 72.5. The number of methoxy groups -OCH3 is 1. The first-order valence-electron chi connectivity index (χ1n) is 41.7. The first-order chi connectivity index (χ1) is 63.7. The number of thioether (sulfide) groups is 1.